The van der Waals surface area contributed by atoms with Crippen LogP contribution in [0.5, 0.6) is 0 Å². The molecule has 0 saturated heterocycles. The number of ketones is 1. The van der Waals surface area contributed by atoms with Crippen LogP contribution in [0.1, 0.15) is 136 Å². The summed E-state index contributed by atoms with van der Waals surface area (Å²) in [6, 6.07) is 0. The topological polar surface area (TPSA) is 43.4 Å². The number of esters is 1. The summed E-state index contributed by atoms with van der Waals surface area (Å²) in [6.45, 7) is 3.87. The van der Waals surface area contributed by atoms with Gasteiger partial charge in [0.2, 0.25) is 0 Å². The van der Waals surface area contributed by atoms with Gasteiger partial charge in [0.15, 0.2) is 0 Å². The molecule has 0 saturated carbocycles. The van der Waals surface area contributed by atoms with Crippen molar-refractivity contribution in [3.8, 4) is 0 Å². The summed E-state index contributed by atoms with van der Waals surface area (Å²) in [5.74, 6) is 0.611. The zero-order valence-electron chi connectivity index (χ0n) is 19.2. The Hall–Kier alpha value is -0.860. The maximum Gasteiger partial charge on any atom is 0.305 e. The third-order valence-corrected chi connectivity index (χ3v) is 5.98. The Morgan fingerprint density at radius 1 is 0.643 bits per heavy atom. The summed E-state index contributed by atoms with van der Waals surface area (Å²) in [7, 11) is 1.46. The minimum atomic E-state index is -0.0743. The highest BCUT2D eigenvalue weighted by atomic mass is 16.5. The van der Waals surface area contributed by atoms with E-state index in [1.165, 1.54) is 97.0 Å². The lowest BCUT2D eigenvalue weighted by atomic mass is 9.94. The van der Waals surface area contributed by atoms with Crippen LogP contribution >= 0.6 is 0 Å². The van der Waals surface area contributed by atoms with Crippen LogP contribution in [0.2, 0.25) is 0 Å². The number of hydrogen-bond acceptors (Lipinski definition) is 3. The molecule has 0 N–H and O–H groups in total. The van der Waals surface area contributed by atoms with Crippen LogP contribution in [0.4, 0.5) is 0 Å². The van der Waals surface area contributed by atoms with Crippen LogP contribution in [0.25, 0.3) is 0 Å². The highest BCUT2D eigenvalue weighted by Gasteiger charge is 2.10. The van der Waals surface area contributed by atoms with Crippen LogP contribution < -0.4 is 0 Å². The van der Waals surface area contributed by atoms with E-state index in [-0.39, 0.29) is 5.97 Å². The third kappa shape index (κ3) is 18.5. The maximum atomic E-state index is 11.4. The summed E-state index contributed by atoms with van der Waals surface area (Å²) in [6.07, 6.45) is 23.7. The van der Waals surface area contributed by atoms with E-state index in [0.717, 1.165) is 25.7 Å². The lowest BCUT2D eigenvalue weighted by molar-refractivity contribution is -0.140. The fourth-order valence-electron chi connectivity index (χ4n) is 3.93. The summed E-state index contributed by atoms with van der Waals surface area (Å²) >= 11 is 0. The molecule has 166 valence electrons. The molecule has 0 radical (unpaired) electrons. The maximum absolute atomic E-state index is 11.4. The SMILES string of the molecule is CCC(CCCCCCCCCCCCCCCCCCC(=O)OC)C(C)=O. The van der Waals surface area contributed by atoms with Gasteiger partial charge in [0.1, 0.15) is 5.78 Å². The molecule has 3 nitrogen and oxygen atoms in total. The predicted octanol–water partition coefficient (Wildman–Crippen LogP) is 7.80. The van der Waals surface area contributed by atoms with Gasteiger partial charge in [-0.05, 0) is 26.2 Å². The highest BCUT2D eigenvalue weighted by Crippen LogP contribution is 2.17. The number of Topliss-reactive ketones (excluding diaryl/α,β-unsaturated/α-hetero) is 1. The molecule has 3 heteroatoms. The fraction of sp³-hybridized carbons (Fsp3) is 0.920. The number of carbonyl (C=O) groups excluding carboxylic acids is 2. The van der Waals surface area contributed by atoms with Crippen molar-refractivity contribution < 1.29 is 14.3 Å². The Morgan fingerprint density at radius 3 is 1.32 bits per heavy atom. The zero-order valence-corrected chi connectivity index (χ0v) is 19.2. The van der Waals surface area contributed by atoms with Gasteiger partial charge >= 0.3 is 5.97 Å². The normalized spacial score (nSPS) is 12.1. The minimum absolute atomic E-state index is 0.0743. The summed E-state index contributed by atoms with van der Waals surface area (Å²) in [5.41, 5.74) is 0. The van der Waals surface area contributed by atoms with Gasteiger partial charge in [0.05, 0.1) is 7.11 Å². The van der Waals surface area contributed by atoms with E-state index in [4.69, 9.17) is 0 Å². The van der Waals surface area contributed by atoms with Crippen LogP contribution in [0.3, 0.4) is 0 Å². The first kappa shape index (κ1) is 27.1. The van der Waals surface area contributed by atoms with Crippen molar-refractivity contribution in [3.05, 3.63) is 0 Å². The van der Waals surface area contributed by atoms with Crippen molar-refractivity contribution in [2.75, 3.05) is 7.11 Å². The highest BCUT2D eigenvalue weighted by molar-refractivity contribution is 5.78. The van der Waals surface area contributed by atoms with E-state index in [1.54, 1.807) is 6.92 Å². The van der Waals surface area contributed by atoms with E-state index in [9.17, 15) is 9.59 Å². The summed E-state index contributed by atoms with van der Waals surface area (Å²) < 4.78 is 4.65. The van der Waals surface area contributed by atoms with Crippen LogP contribution in [-0.2, 0) is 14.3 Å². The first-order chi connectivity index (χ1) is 13.6. The third-order valence-electron chi connectivity index (χ3n) is 5.98. The van der Waals surface area contributed by atoms with Gasteiger partial charge in [-0.1, -0.05) is 103 Å². The summed E-state index contributed by atoms with van der Waals surface area (Å²) in [4.78, 5) is 22.4. The summed E-state index contributed by atoms with van der Waals surface area (Å²) in [5, 5.41) is 0. The molecule has 0 aliphatic carbocycles. The zero-order chi connectivity index (χ0) is 20.9. The number of methoxy groups -OCH3 is 1. The van der Waals surface area contributed by atoms with E-state index in [0.29, 0.717) is 18.1 Å². The Balaban J connectivity index is 3.14. The van der Waals surface area contributed by atoms with Gasteiger partial charge in [0, 0.05) is 12.3 Å². The molecule has 0 spiro atoms. The molecule has 0 aromatic rings. The Kier molecular flexibility index (Phi) is 20.2. The lowest BCUT2D eigenvalue weighted by Gasteiger charge is -2.10. The van der Waals surface area contributed by atoms with Crippen LogP contribution in [0.15, 0.2) is 0 Å². The van der Waals surface area contributed by atoms with Gasteiger partial charge in [-0.2, -0.15) is 0 Å². The van der Waals surface area contributed by atoms with Gasteiger partial charge in [-0.15, -0.1) is 0 Å². The lowest BCUT2D eigenvalue weighted by Crippen LogP contribution is -2.09. The van der Waals surface area contributed by atoms with Gasteiger partial charge in [-0.25, -0.2) is 0 Å². The molecule has 1 atom stereocenters. The molecule has 0 rings (SSSR count). The minimum Gasteiger partial charge on any atom is -0.469 e. The van der Waals surface area contributed by atoms with Gasteiger partial charge < -0.3 is 4.74 Å². The van der Waals surface area contributed by atoms with Crippen molar-refractivity contribution in [3.63, 3.8) is 0 Å². The standard InChI is InChI=1S/C25H48O3/c1-4-24(23(2)26)21-19-17-15-13-11-9-7-5-6-8-10-12-14-16-18-20-22-25(27)28-3/h24H,4-22H2,1-3H3. The molecule has 1 unspecified atom stereocenters. The van der Waals surface area contributed by atoms with Crippen molar-refractivity contribution in [2.24, 2.45) is 5.92 Å². The van der Waals surface area contributed by atoms with Crippen molar-refractivity contribution in [1.29, 1.82) is 0 Å². The average Bonchev–Trinajstić information content (AvgIpc) is 2.69. The number of ether oxygens (including phenoxy) is 1. The second-order valence-electron chi connectivity index (χ2n) is 8.49. The van der Waals surface area contributed by atoms with E-state index >= 15 is 0 Å². The van der Waals surface area contributed by atoms with Crippen LogP contribution in [0, 0.1) is 5.92 Å². The first-order valence-electron chi connectivity index (χ1n) is 12.2. The van der Waals surface area contributed by atoms with E-state index in [1.807, 2.05) is 0 Å². The largest absolute Gasteiger partial charge is 0.469 e. The Morgan fingerprint density at radius 2 is 1.00 bits per heavy atom. The van der Waals surface area contributed by atoms with E-state index in [2.05, 4.69) is 11.7 Å². The molecule has 0 amide bonds. The molecular formula is C25H48O3. The van der Waals surface area contributed by atoms with Crippen molar-refractivity contribution in [1.82, 2.24) is 0 Å². The Bertz CT molecular complexity index is 365. The second-order valence-corrected chi connectivity index (χ2v) is 8.49. The first-order valence-corrected chi connectivity index (χ1v) is 12.2. The molecule has 0 aromatic carbocycles. The second kappa shape index (κ2) is 20.9. The average molecular weight is 397 g/mol. The van der Waals surface area contributed by atoms with Crippen LogP contribution in [-0.4, -0.2) is 18.9 Å². The monoisotopic (exact) mass is 396 g/mol. The molecule has 0 aliphatic rings. The molecule has 28 heavy (non-hydrogen) atoms. The molecule has 0 bridgehead atoms. The molecule has 0 aromatic heterocycles. The van der Waals surface area contributed by atoms with Gasteiger partial charge in [0.25, 0.3) is 0 Å². The molecule has 0 fully saturated rings. The van der Waals surface area contributed by atoms with Crippen molar-refractivity contribution in [2.45, 2.75) is 136 Å². The van der Waals surface area contributed by atoms with E-state index < -0.39 is 0 Å². The molecular weight excluding hydrogens is 348 g/mol. The van der Waals surface area contributed by atoms with Crippen molar-refractivity contribution >= 4 is 11.8 Å². The quantitative estimate of drug-likeness (QED) is 0.147. The predicted molar refractivity (Wildman–Crippen MR) is 120 cm³/mol. The number of rotatable bonds is 21. The smallest absolute Gasteiger partial charge is 0.305 e. The van der Waals surface area contributed by atoms with Gasteiger partial charge in [-0.3, -0.25) is 9.59 Å². The molecule has 0 aliphatic heterocycles. The number of unbranched alkanes of at least 4 members (excludes halogenated alkanes) is 15. The number of hydrogen-bond donors (Lipinski definition) is 0. The Labute approximate surface area is 175 Å². The fourth-order valence-corrected chi connectivity index (χ4v) is 3.93. The number of carbonyl (C=O) groups is 2. The molecule has 0 heterocycles.